The van der Waals surface area contributed by atoms with E-state index < -0.39 is 0 Å². The fourth-order valence-corrected chi connectivity index (χ4v) is 4.71. The molecule has 1 aliphatic rings. The van der Waals surface area contributed by atoms with Crippen LogP contribution in [0.1, 0.15) is 10.4 Å². The van der Waals surface area contributed by atoms with Crippen molar-refractivity contribution in [1.82, 2.24) is 15.5 Å². The number of hydrogen-bond donors (Lipinski definition) is 2. The minimum Gasteiger partial charge on any atom is -0.454 e. The number of aromatic nitrogens is 2. The number of benzene rings is 2. The van der Waals surface area contributed by atoms with Crippen molar-refractivity contribution in [3.8, 4) is 22.8 Å². The first-order chi connectivity index (χ1) is 13.3. The average molecular weight is 398 g/mol. The van der Waals surface area contributed by atoms with Gasteiger partial charge in [-0.3, -0.25) is 5.10 Å². The van der Waals surface area contributed by atoms with E-state index in [0.717, 1.165) is 43.6 Å². The molecule has 2 aromatic carbocycles. The summed E-state index contributed by atoms with van der Waals surface area (Å²) in [7, 11) is 0. The van der Waals surface area contributed by atoms with Crippen molar-refractivity contribution >= 4 is 33.0 Å². The lowest BCUT2D eigenvalue weighted by Gasteiger charge is -2.06. The van der Waals surface area contributed by atoms with E-state index in [1.165, 1.54) is 4.70 Å². The number of fused-ring (bicyclic) bond motifs is 2. The second-order valence-corrected chi connectivity index (χ2v) is 7.79. The maximum atomic E-state index is 6.53. The highest BCUT2D eigenvalue weighted by Crippen LogP contribution is 2.37. The van der Waals surface area contributed by atoms with Crippen molar-refractivity contribution in [2.75, 3.05) is 6.79 Å². The van der Waals surface area contributed by atoms with Gasteiger partial charge in [-0.2, -0.15) is 5.10 Å². The van der Waals surface area contributed by atoms with Crippen LogP contribution in [0.2, 0.25) is 5.02 Å². The molecule has 136 valence electrons. The largest absolute Gasteiger partial charge is 0.454 e. The van der Waals surface area contributed by atoms with Gasteiger partial charge in [0.05, 0.1) is 16.9 Å². The molecule has 4 aromatic rings. The lowest BCUT2D eigenvalue weighted by Crippen LogP contribution is -2.12. The highest BCUT2D eigenvalue weighted by molar-refractivity contribution is 7.19. The Morgan fingerprint density at radius 2 is 2.00 bits per heavy atom. The zero-order chi connectivity index (χ0) is 18.2. The van der Waals surface area contributed by atoms with Gasteiger partial charge >= 0.3 is 0 Å². The topological polar surface area (TPSA) is 59.2 Å². The smallest absolute Gasteiger partial charge is 0.231 e. The molecule has 0 aliphatic carbocycles. The molecule has 2 N–H and O–H groups in total. The van der Waals surface area contributed by atoms with Crippen LogP contribution in [0.4, 0.5) is 0 Å². The molecule has 0 unspecified atom stereocenters. The Kier molecular flexibility index (Phi) is 4.24. The maximum absolute atomic E-state index is 6.53. The van der Waals surface area contributed by atoms with Gasteiger partial charge in [-0.15, -0.1) is 11.3 Å². The van der Waals surface area contributed by atoms with Crippen molar-refractivity contribution in [3.05, 3.63) is 64.1 Å². The first-order valence-corrected chi connectivity index (χ1v) is 9.78. The lowest BCUT2D eigenvalue weighted by molar-refractivity contribution is 0.174. The van der Waals surface area contributed by atoms with E-state index in [4.69, 9.17) is 21.1 Å². The van der Waals surface area contributed by atoms with Gasteiger partial charge in [0.2, 0.25) is 6.79 Å². The molecule has 1 aliphatic heterocycles. The molecule has 7 heteroatoms. The summed E-state index contributed by atoms with van der Waals surface area (Å²) in [5.41, 5.74) is 3.09. The minimum atomic E-state index is 0.270. The van der Waals surface area contributed by atoms with E-state index in [0.29, 0.717) is 13.1 Å². The van der Waals surface area contributed by atoms with Crippen LogP contribution < -0.4 is 14.8 Å². The Morgan fingerprint density at radius 1 is 1.11 bits per heavy atom. The summed E-state index contributed by atoms with van der Waals surface area (Å²) in [5.74, 6) is 1.54. The van der Waals surface area contributed by atoms with Crippen LogP contribution in [0.3, 0.4) is 0 Å². The molecule has 0 amide bonds. The molecule has 5 nitrogen and oxygen atoms in total. The number of H-pyrrole nitrogens is 1. The highest BCUT2D eigenvalue weighted by Gasteiger charge is 2.16. The molecule has 2 aromatic heterocycles. The van der Waals surface area contributed by atoms with Crippen LogP contribution in [0.5, 0.6) is 11.5 Å². The molecule has 5 rings (SSSR count). The van der Waals surface area contributed by atoms with Crippen molar-refractivity contribution in [2.45, 2.75) is 13.1 Å². The van der Waals surface area contributed by atoms with E-state index in [9.17, 15) is 0 Å². The highest BCUT2D eigenvalue weighted by atomic mass is 35.5. The lowest BCUT2D eigenvalue weighted by atomic mass is 10.1. The Hall–Kier alpha value is -2.54. The zero-order valence-electron chi connectivity index (χ0n) is 14.3. The van der Waals surface area contributed by atoms with Gasteiger partial charge in [-0.1, -0.05) is 29.8 Å². The molecule has 0 atom stereocenters. The average Bonchev–Trinajstić information content (AvgIpc) is 3.41. The second-order valence-electron chi connectivity index (χ2n) is 6.28. The summed E-state index contributed by atoms with van der Waals surface area (Å²) in [6.45, 7) is 1.67. The number of hydrogen-bond acceptors (Lipinski definition) is 5. The Bertz CT molecular complexity index is 1120. The van der Waals surface area contributed by atoms with Gasteiger partial charge in [0.25, 0.3) is 0 Å². The monoisotopic (exact) mass is 397 g/mol. The van der Waals surface area contributed by atoms with Crippen LogP contribution in [0.25, 0.3) is 21.3 Å². The normalized spacial score (nSPS) is 12.8. The van der Waals surface area contributed by atoms with Gasteiger partial charge in [-0.25, -0.2) is 0 Å². The fourth-order valence-electron chi connectivity index (χ4n) is 3.24. The number of thiophene rings is 1. The quantitative estimate of drug-likeness (QED) is 0.499. The van der Waals surface area contributed by atoms with Crippen molar-refractivity contribution in [1.29, 1.82) is 0 Å². The predicted octanol–water partition coefficient (Wildman–Crippen LogP) is 4.96. The zero-order valence-corrected chi connectivity index (χ0v) is 15.9. The molecular weight excluding hydrogens is 382 g/mol. The summed E-state index contributed by atoms with van der Waals surface area (Å²) in [6, 6.07) is 14.1. The SMILES string of the molecule is Clc1c(CNCc2cn[nH]c2-c2ccc3c(c2)OCO3)sc2ccccc12. The number of nitrogens with zero attached hydrogens (tertiary/aromatic N) is 1. The number of aromatic amines is 1. The van der Waals surface area contributed by atoms with Crippen LogP contribution in [-0.4, -0.2) is 17.0 Å². The molecular formula is C20H16ClN3O2S. The Balaban J connectivity index is 1.32. The summed E-state index contributed by atoms with van der Waals surface area (Å²) in [4.78, 5) is 1.14. The number of ether oxygens (including phenoxy) is 2. The summed E-state index contributed by atoms with van der Waals surface area (Å²) >= 11 is 8.25. The van der Waals surface area contributed by atoms with Crippen LogP contribution in [0.15, 0.2) is 48.7 Å². The van der Waals surface area contributed by atoms with Crippen molar-refractivity contribution in [3.63, 3.8) is 0 Å². The molecule has 3 heterocycles. The molecule has 27 heavy (non-hydrogen) atoms. The Labute approximate surface area is 164 Å². The molecule has 0 spiro atoms. The minimum absolute atomic E-state index is 0.270. The van der Waals surface area contributed by atoms with Crippen LogP contribution in [0, 0.1) is 0 Å². The number of nitrogens with one attached hydrogen (secondary N) is 2. The number of rotatable bonds is 5. The molecule has 0 saturated carbocycles. The summed E-state index contributed by atoms with van der Waals surface area (Å²) in [6.07, 6.45) is 1.85. The Morgan fingerprint density at radius 3 is 2.93 bits per heavy atom. The third-order valence-electron chi connectivity index (χ3n) is 4.58. The molecule has 0 bridgehead atoms. The van der Waals surface area contributed by atoms with Crippen molar-refractivity contribution in [2.24, 2.45) is 0 Å². The molecule has 0 saturated heterocycles. The number of halogens is 1. The van der Waals surface area contributed by atoms with Crippen LogP contribution in [-0.2, 0) is 13.1 Å². The van der Waals surface area contributed by atoms with Gasteiger partial charge < -0.3 is 14.8 Å². The van der Waals surface area contributed by atoms with E-state index in [1.54, 1.807) is 11.3 Å². The standard InChI is InChI=1S/C20H16ClN3O2S/c21-19-14-3-1-2-4-17(14)27-18(19)10-22-8-13-9-23-24-20(13)12-5-6-15-16(7-12)26-11-25-15/h1-7,9,22H,8,10-11H2,(H,23,24). The third kappa shape index (κ3) is 3.06. The first-order valence-electron chi connectivity index (χ1n) is 8.58. The molecule has 0 radical (unpaired) electrons. The second kappa shape index (κ2) is 6.88. The predicted molar refractivity (Wildman–Crippen MR) is 108 cm³/mol. The van der Waals surface area contributed by atoms with E-state index in [-0.39, 0.29) is 6.79 Å². The van der Waals surface area contributed by atoms with E-state index >= 15 is 0 Å². The van der Waals surface area contributed by atoms with Gasteiger partial charge in [0, 0.05) is 39.2 Å². The van der Waals surface area contributed by atoms with Gasteiger partial charge in [0.1, 0.15) is 0 Å². The van der Waals surface area contributed by atoms with Gasteiger partial charge in [-0.05, 0) is 24.3 Å². The first kappa shape index (κ1) is 16.6. The van der Waals surface area contributed by atoms with Crippen molar-refractivity contribution < 1.29 is 9.47 Å². The van der Waals surface area contributed by atoms with E-state index in [1.807, 2.05) is 36.5 Å². The molecule has 0 fully saturated rings. The van der Waals surface area contributed by atoms with Crippen LogP contribution >= 0.6 is 22.9 Å². The summed E-state index contributed by atoms with van der Waals surface area (Å²) < 4.78 is 12.1. The third-order valence-corrected chi connectivity index (χ3v) is 6.30. The maximum Gasteiger partial charge on any atom is 0.231 e. The van der Waals surface area contributed by atoms with E-state index in [2.05, 4.69) is 27.6 Å². The van der Waals surface area contributed by atoms with Gasteiger partial charge in [0.15, 0.2) is 11.5 Å². The summed E-state index contributed by atoms with van der Waals surface area (Å²) in [5, 5.41) is 12.7. The fraction of sp³-hybridized carbons (Fsp3) is 0.150.